The van der Waals surface area contributed by atoms with Crippen LogP contribution in [0.25, 0.3) is 11.3 Å². The Morgan fingerprint density at radius 1 is 0.611 bits per heavy atom. The first-order valence-corrected chi connectivity index (χ1v) is 13.9. The fraction of sp³-hybridized carbons (Fsp3) is 0.103. The summed E-state index contributed by atoms with van der Waals surface area (Å²) in [5.41, 5.74) is 6.69. The molecule has 4 nitrogen and oxygen atoms in total. The van der Waals surface area contributed by atoms with Gasteiger partial charge in [-0.1, -0.05) is 120 Å². The summed E-state index contributed by atoms with van der Waals surface area (Å²) in [6.45, 7) is 2.23. The fourth-order valence-corrected chi connectivity index (χ4v) is 5.29. The Balaban J connectivity index is 1.39. The van der Waals surface area contributed by atoms with E-state index in [2.05, 4.69) is 130 Å². The minimum Gasteiger partial charge on any atom is -0.363 e. The van der Waals surface area contributed by atoms with Gasteiger partial charge in [0.2, 0.25) is 0 Å². The second kappa shape index (κ2) is 11.5. The van der Waals surface area contributed by atoms with E-state index < -0.39 is 0 Å². The number of aromatic nitrogens is 3. The van der Waals surface area contributed by atoms with Gasteiger partial charge in [-0.15, -0.1) is 5.10 Å². The maximum atomic E-state index is 4.42. The van der Waals surface area contributed by atoms with Crippen molar-refractivity contribution in [3.63, 3.8) is 0 Å². The summed E-state index contributed by atoms with van der Waals surface area (Å²) in [7, 11) is 0. The molecule has 0 bridgehead atoms. The maximum Gasteiger partial charge on any atom is 0.113 e. The molecular formula is C29H23Br3N4. The molecule has 5 rings (SSSR count). The molecule has 0 fully saturated rings. The van der Waals surface area contributed by atoms with Crippen molar-refractivity contribution in [1.82, 2.24) is 15.0 Å². The van der Waals surface area contributed by atoms with Crippen molar-refractivity contribution in [1.29, 1.82) is 0 Å². The van der Waals surface area contributed by atoms with E-state index in [0.29, 0.717) is 6.54 Å². The Morgan fingerprint density at radius 2 is 1.11 bits per heavy atom. The number of benzene rings is 4. The summed E-state index contributed by atoms with van der Waals surface area (Å²) in [5, 5.41) is 8.76. The third-order valence-corrected chi connectivity index (χ3v) is 8.32. The Labute approximate surface area is 236 Å². The molecule has 1 aromatic heterocycles. The van der Waals surface area contributed by atoms with Crippen LogP contribution in [0.2, 0.25) is 0 Å². The van der Waals surface area contributed by atoms with Crippen LogP contribution in [0.3, 0.4) is 0 Å². The van der Waals surface area contributed by atoms with Gasteiger partial charge in [0.05, 0.1) is 12.7 Å². The highest BCUT2D eigenvalue weighted by atomic mass is 79.9. The quantitative estimate of drug-likeness (QED) is 0.167. The molecule has 0 saturated heterocycles. The van der Waals surface area contributed by atoms with Crippen LogP contribution >= 0.6 is 47.8 Å². The van der Waals surface area contributed by atoms with Gasteiger partial charge < -0.3 is 4.90 Å². The van der Waals surface area contributed by atoms with E-state index in [1.54, 1.807) is 0 Å². The van der Waals surface area contributed by atoms with Crippen LogP contribution < -0.4 is 4.90 Å². The van der Waals surface area contributed by atoms with Gasteiger partial charge in [0.25, 0.3) is 0 Å². The van der Waals surface area contributed by atoms with Crippen molar-refractivity contribution in [3.05, 3.63) is 133 Å². The molecule has 0 amide bonds. The molecule has 0 saturated carbocycles. The highest BCUT2D eigenvalue weighted by molar-refractivity contribution is 9.11. The zero-order valence-corrected chi connectivity index (χ0v) is 24.1. The molecule has 5 aromatic rings. The lowest BCUT2D eigenvalue weighted by atomic mass is 10.1. The number of halogens is 3. The average molecular weight is 667 g/mol. The monoisotopic (exact) mass is 664 g/mol. The Morgan fingerprint density at radius 3 is 1.64 bits per heavy atom. The van der Waals surface area contributed by atoms with Crippen molar-refractivity contribution in [2.75, 3.05) is 4.90 Å². The molecule has 0 atom stereocenters. The Bertz CT molecular complexity index is 1420. The third kappa shape index (κ3) is 5.97. The molecule has 0 N–H and O–H groups in total. The lowest BCUT2D eigenvalue weighted by molar-refractivity contribution is 0.648. The Kier molecular flexibility index (Phi) is 7.99. The molecule has 0 aliphatic rings. The second-order valence-corrected chi connectivity index (χ2v) is 11.0. The van der Waals surface area contributed by atoms with Gasteiger partial charge >= 0.3 is 0 Å². The minimum atomic E-state index is 0.665. The molecule has 0 radical (unpaired) electrons. The SMILES string of the molecule is Brc1ccccc1CN(Cc1ccccc1Br)c1ccc(-c2cn(Cc3ccccc3Br)nn2)cc1. The highest BCUT2D eigenvalue weighted by Crippen LogP contribution is 2.28. The summed E-state index contributed by atoms with van der Waals surface area (Å²) >= 11 is 11.0. The van der Waals surface area contributed by atoms with Crippen LogP contribution in [0.5, 0.6) is 0 Å². The van der Waals surface area contributed by atoms with Crippen molar-refractivity contribution in [2.24, 2.45) is 0 Å². The van der Waals surface area contributed by atoms with Gasteiger partial charge in [-0.3, -0.25) is 0 Å². The van der Waals surface area contributed by atoms with Gasteiger partial charge in [0, 0.05) is 37.8 Å². The van der Waals surface area contributed by atoms with Gasteiger partial charge in [-0.2, -0.15) is 0 Å². The standard InChI is InChI=1S/C29H23Br3N4/c30-26-10-4-1-7-22(26)17-35(18-23-8-2-5-11-27(23)31)25-15-13-21(14-16-25)29-20-36(34-33-29)19-24-9-3-6-12-28(24)32/h1-16,20H,17-19H2. The van der Waals surface area contributed by atoms with Crippen LogP contribution in [-0.4, -0.2) is 15.0 Å². The first kappa shape index (κ1) is 24.9. The lowest BCUT2D eigenvalue weighted by Gasteiger charge is -2.26. The summed E-state index contributed by atoms with van der Waals surface area (Å²) in [6.07, 6.45) is 1.99. The van der Waals surface area contributed by atoms with Crippen LogP contribution in [0.1, 0.15) is 16.7 Å². The van der Waals surface area contributed by atoms with E-state index in [0.717, 1.165) is 43.5 Å². The largest absolute Gasteiger partial charge is 0.363 e. The van der Waals surface area contributed by atoms with Crippen LogP contribution in [0, 0.1) is 0 Å². The third-order valence-electron chi connectivity index (χ3n) is 6.00. The number of nitrogens with zero attached hydrogens (tertiary/aromatic N) is 4. The smallest absolute Gasteiger partial charge is 0.113 e. The summed E-state index contributed by atoms with van der Waals surface area (Å²) in [6, 6.07) is 33.5. The normalized spacial score (nSPS) is 11.0. The predicted octanol–water partition coefficient (Wildman–Crippen LogP) is 8.49. The molecule has 0 aliphatic carbocycles. The van der Waals surface area contributed by atoms with E-state index >= 15 is 0 Å². The summed E-state index contributed by atoms with van der Waals surface area (Å²) < 4.78 is 5.16. The van der Waals surface area contributed by atoms with Crippen LogP contribution in [-0.2, 0) is 19.6 Å². The van der Waals surface area contributed by atoms with E-state index in [1.165, 1.54) is 16.7 Å². The van der Waals surface area contributed by atoms with E-state index in [9.17, 15) is 0 Å². The first-order chi connectivity index (χ1) is 17.6. The molecule has 0 unspecified atom stereocenters. The van der Waals surface area contributed by atoms with Crippen molar-refractivity contribution >= 4 is 53.5 Å². The fourth-order valence-electron chi connectivity index (χ4n) is 4.06. The predicted molar refractivity (Wildman–Crippen MR) is 157 cm³/mol. The van der Waals surface area contributed by atoms with Crippen LogP contribution in [0.4, 0.5) is 5.69 Å². The zero-order chi connectivity index (χ0) is 24.9. The molecule has 180 valence electrons. The average Bonchev–Trinajstić information content (AvgIpc) is 3.36. The number of hydrogen-bond donors (Lipinski definition) is 0. The zero-order valence-electron chi connectivity index (χ0n) is 19.4. The number of anilines is 1. The maximum absolute atomic E-state index is 4.42. The van der Waals surface area contributed by atoms with E-state index in [-0.39, 0.29) is 0 Å². The van der Waals surface area contributed by atoms with Crippen molar-refractivity contribution < 1.29 is 0 Å². The van der Waals surface area contributed by atoms with Gasteiger partial charge in [0.15, 0.2) is 0 Å². The minimum absolute atomic E-state index is 0.665. The Hall–Kier alpha value is -2.74. The molecule has 0 spiro atoms. The molecular weight excluding hydrogens is 644 g/mol. The van der Waals surface area contributed by atoms with E-state index in [4.69, 9.17) is 0 Å². The molecule has 0 aliphatic heterocycles. The topological polar surface area (TPSA) is 34.0 Å². The molecule has 1 heterocycles. The van der Waals surface area contributed by atoms with Crippen molar-refractivity contribution in [2.45, 2.75) is 19.6 Å². The highest BCUT2D eigenvalue weighted by Gasteiger charge is 2.13. The van der Waals surface area contributed by atoms with Gasteiger partial charge in [0.1, 0.15) is 5.69 Å². The molecule has 7 heteroatoms. The van der Waals surface area contributed by atoms with Crippen LogP contribution in [0.15, 0.2) is 117 Å². The van der Waals surface area contributed by atoms with Gasteiger partial charge in [-0.25, -0.2) is 4.68 Å². The van der Waals surface area contributed by atoms with Crippen molar-refractivity contribution in [3.8, 4) is 11.3 Å². The molecule has 36 heavy (non-hydrogen) atoms. The number of rotatable bonds is 8. The molecule has 4 aromatic carbocycles. The second-order valence-electron chi connectivity index (χ2n) is 8.48. The number of hydrogen-bond acceptors (Lipinski definition) is 3. The first-order valence-electron chi connectivity index (χ1n) is 11.5. The summed E-state index contributed by atoms with van der Waals surface area (Å²) in [5.74, 6) is 0. The van der Waals surface area contributed by atoms with E-state index in [1.807, 2.05) is 41.2 Å². The summed E-state index contributed by atoms with van der Waals surface area (Å²) in [4.78, 5) is 2.38. The lowest BCUT2D eigenvalue weighted by Crippen LogP contribution is -2.22. The van der Waals surface area contributed by atoms with Gasteiger partial charge in [-0.05, 0) is 47.0 Å².